The molecule has 1 aliphatic rings. The number of nitrogens with one attached hydrogen (secondary N) is 1. The summed E-state index contributed by atoms with van der Waals surface area (Å²) >= 11 is 0. The second kappa shape index (κ2) is 5.92. The maximum Gasteiger partial charge on any atom is 0.0225 e. The van der Waals surface area contributed by atoms with Crippen molar-refractivity contribution in [2.24, 2.45) is 5.92 Å². The zero-order valence-electron chi connectivity index (χ0n) is 12.4. The summed E-state index contributed by atoms with van der Waals surface area (Å²) in [6.07, 6.45) is 5.53. The van der Waals surface area contributed by atoms with E-state index in [9.17, 15) is 0 Å². The van der Waals surface area contributed by atoms with Crippen LogP contribution in [0, 0.1) is 19.8 Å². The van der Waals surface area contributed by atoms with Crippen molar-refractivity contribution in [2.45, 2.75) is 72.5 Å². The molecule has 1 N–H and O–H groups in total. The highest BCUT2D eigenvalue weighted by Gasteiger charge is 2.18. The second-order valence-electron chi connectivity index (χ2n) is 5.99. The van der Waals surface area contributed by atoms with E-state index < -0.39 is 0 Å². The van der Waals surface area contributed by atoms with Gasteiger partial charge in [-0.05, 0) is 51.2 Å². The van der Waals surface area contributed by atoms with Gasteiger partial charge in [-0.1, -0.05) is 19.8 Å². The topological polar surface area (TPSA) is 17.0 Å². The maximum atomic E-state index is 3.76. The van der Waals surface area contributed by atoms with Gasteiger partial charge in [0.05, 0.1) is 0 Å². The van der Waals surface area contributed by atoms with Crippen molar-refractivity contribution in [1.29, 1.82) is 0 Å². The van der Waals surface area contributed by atoms with Gasteiger partial charge in [0.15, 0.2) is 0 Å². The van der Waals surface area contributed by atoms with Crippen LogP contribution in [0.15, 0.2) is 6.07 Å². The van der Waals surface area contributed by atoms with E-state index in [1.165, 1.54) is 42.6 Å². The predicted molar refractivity (Wildman–Crippen MR) is 77.8 cm³/mol. The van der Waals surface area contributed by atoms with Crippen LogP contribution in [0.1, 0.15) is 56.5 Å². The molecule has 102 valence electrons. The second-order valence-corrected chi connectivity index (χ2v) is 5.99. The molecule has 1 aromatic rings. The minimum absolute atomic E-state index is 0.735. The van der Waals surface area contributed by atoms with Crippen LogP contribution in [0.3, 0.4) is 0 Å². The number of hydrogen-bond acceptors (Lipinski definition) is 1. The number of aryl methyl sites for hydroxylation is 1. The van der Waals surface area contributed by atoms with Gasteiger partial charge in [0.2, 0.25) is 0 Å². The van der Waals surface area contributed by atoms with Gasteiger partial charge in [0.1, 0.15) is 0 Å². The molecule has 1 fully saturated rings. The summed E-state index contributed by atoms with van der Waals surface area (Å²) in [5.41, 5.74) is 4.31. The van der Waals surface area contributed by atoms with Gasteiger partial charge in [-0.15, -0.1) is 0 Å². The minimum atomic E-state index is 0.735. The van der Waals surface area contributed by atoms with Crippen molar-refractivity contribution in [3.05, 3.63) is 23.0 Å². The van der Waals surface area contributed by atoms with Gasteiger partial charge in [-0.2, -0.15) is 0 Å². The fraction of sp³-hybridized carbons (Fsp3) is 0.750. The Bertz CT molecular complexity index is 392. The first-order valence-corrected chi connectivity index (χ1v) is 7.50. The highest BCUT2D eigenvalue weighted by atomic mass is 15.0. The van der Waals surface area contributed by atoms with Gasteiger partial charge in [-0.25, -0.2) is 0 Å². The van der Waals surface area contributed by atoms with E-state index in [-0.39, 0.29) is 0 Å². The van der Waals surface area contributed by atoms with E-state index in [4.69, 9.17) is 0 Å². The molecule has 1 saturated carbocycles. The summed E-state index contributed by atoms with van der Waals surface area (Å²) in [7, 11) is 0. The Morgan fingerprint density at radius 2 is 2.11 bits per heavy atom. The SMILES string of the molecule is CCn1c(C)cc(CNC2CCCC(C)C2)c1C. The van der Waals surface area contributed by atoms with Crippen LogP contribution in [0.4, 0.5) is 0 Å². The van der Waals surface area contributed by atoms with E-state index in [1.54, 1.807) is 0 Å². The van der Waals surface area contributed by atoms with Crippen molar-refractivity contribution in [3.8, 4) is 0 Å². The molecule has 1 aliphatic carbocycles. The van der Waals surface area contributed by atoms with Crippen LogP contribution < -0.4 is 5.32 Å². The van der Waals surface area contributed by atoms with E-state index in [0.717, 1.165) is 25.0 Å². The molecule has 0 aliphatic heterocycles. The molecule has 0 saturated heterocycles. The van der Waals surface area contributed by atoms with Crippen LogP contribution in [0.25, 0.3) is 0 Å². The molecule has 2 nitrogen and oxygen atoms in total. The third-order valence-electron chi connectivity index (χ3n) is 4.51. The predicted octanol–water partition coefficient (Wildman–Crippen LogP) is 3.79. The molecule has 2 unspecified atom stereocenters. The van der Waals surface area contributed by atoms with E-state index in [0.29, 0.717) is 0 Å². The molecule has 0 bridgehead atoms. The van der Waals surface area contributed by atoms with Crippen LogP contribution in [0.2, 0.25) is 0 Å². The lowest BCUT2D eigenvalue weighted by Gasteiger charge is -2.27. The minimum Gasteiger partial charge on any atom is -0.349 e. The lowest BCUT2D eigenvalue weighted by Crippen LogP contribution is -2.33. The van der Waals surface area contributed by atoms with Gasteiger partial charge in [0, 0.05) is 30.5 Å². The van der Waals surface area contributed by atoms with E-state index in [2.05, 4.69) is 43.6 Å². The first-order chi connectivity index (χ1) is 8.61. The Hall–Kier alpha value is -0.760. The third kappa shape index (κ3) is 2.97. The fourth-order valence-corrected chi connectivity index (χ4v) is 3.41. The molecule has 2 heteroatoms. The molecule has 18 heavy (non-hydrogen) atoms. The fourth-order valence-electron chi connectivity index (χ4n) is 3.41. The third-order valence-corrected chi connectivity index (χ3v) is 4.51. The number of rotatable bonds is 4. The summed E-state index contributed by atoms with van der Waals surface area (Å²) < 4.78 is 2.40. The van der Waals surface area contributed by atoms with Crippen molar-refractivity contribution < 1.29 is 0 Å². The van der Waals surface area contributed by atoms with Gasteiger partial charge < -0.3 is 9.88 Å². The Morgan fingerprint density at radius 3 is 2.72 bits per heavy atom. The quantitative estimate of drug-likeness (QED) is 0.857. The Kier molecular flexibility index (Phi) is 4.50. The van der Waals surface area contributed by atoms with Crippen LogP contribution in [0.5, 0.6) is 0 Å². The molecule has 0 amide bonds. The first-order valence-electron chi connectivity index (χ1n) is 7.50. The van der Waals surface area contributed by atoms with Crippen molar-refractivity contribution in [3.63, 3.8) is 0 Å². The molecule has 2 rings (SSSR count). The van der Waals surface area contributed by atoms with Crippen LogP contribution in [-0.4, -0.2) is 10.6 Å². The van der Waals surface area contributed by atoms with Crippen molar-refractivity contribution in [1.82, 2.24) is 9.88 Å². The molecular weight excluding hydrogens is 220 g/mol. The van der Waals surface area contributed by atoms with Gasteiger partial charge in [0.25, 0.3) is 0 Å². The standard InChI is InChI=1S/C16H28N2/c1-5-18-13(3)10-15(14(18)4)11-17-16-8-6-7-12(2)9-16/h10,12,16-17H,5-9,11H2,1-4H3. The monoisotopic (exact) mass is 248 g/mol. The lowest BCUT2D eigenvalue weighted by molar-refractivity contribution is 0.300. The van der Waals surface area contributed by atoms with Gasteiger partial charge >= 0.3 is 0 Å². The largest absolute Gasteiger partial charge is 0.349 e. The summed E-state index contributed by atoms with van der Waals surface area (Å²) in [4.78, 5) is 0. The molecule has 0 radical (unpaired) electrons. The van der Waals surface area contributed by atoms with Crippen LogP contribution >= 0.6 is 0 Å². The Labute approximate surface area is 112 Å². The van der Waals surface area contributed by atoms with Crippen molar-refractivity contribution in [2.75, 3.05) is 0 Å². The maximum absolute atomic E-state index is 3.76. The molecule has 1 heterocycles. The molecular formula is C16H28N2. The Morgan fingerprint density at radius 1 is 1.33 bits per heavy atom. The zero-order valence-corrected chi connectivity index (χ0v) is 12.4. The highest BCUT2D eigenvalue weighted by Crippen LogP contribution is 2.24. The summed E-state index contributed by atoms with van der Waals surface area (Å²) in [5, 5.41) is 3.76. The van der Waals surface area contributed by atoms with Gasteiger partial charge in [-0.3, -0.25) is 0 Å². The summed E-state index contributed by atoms with van der Waals surface area (Å²) in [5.74, 6) is 0.902. The molecule has 1 aromatic heterocycles. The number of aromatic nitrogens is 1. The molecule has 0 spiro atoms. The number of hydrogen-bond donors (Lipinski definition) is 1. The summed E-state index contributed by atoms with van der Waals surface area (Å²) in [6, 6.07) is 3.08. The molecule has 0 aromatic carbocycles. The summed E-state index contributed by atoms with van der Waals surface area (Å²) in [6.45, 7) is 11.2. The average Bonchev–Trinajstić information content (AvgIpc) is 2.61. The zero-order chi connectivity index (χ0) is 13.1. The van der Waals surface area contributed by atoms with Crippen LogP contribution in [-0.2, 0) is 13.1 Å². The lowest BCUT2D eigenvalue weighted by atomic mass is 9.87. The number of nitrogens with zero attached hydrogens (tertiary/aromatic N) is 1. The van der Waals surface area contributed by atoms with Crippen molar-refractivity contribution >= 4 is 0 Å². The van der Waals surface area contributed by atoms with E-state index in [1.807, 2.05) is 0 Å². The normalized spacial score (nSPS) is 24.4. The molecule has 2 atom stereocenters. The highest BCUT2D eigenvalue weighted by molar-refractivity contribution is 5.26. The average molecular weight is 248 g/mol. The Balaban J connectivity index is 1.93. The smallest absolute Gasteiger partial charge is 0.0225 e. The van der Waals surface area contributed by atoms with E-state index >= 15 is 0 Å². The first kappa shape index (κ1) is 13.7.